The van der Waals surface area contributed by atoms with E-state index in [0.29, 0.717) is 0 Å². The first kappa shape index (κ1) is 11.4. The molecule has 0 N–H and O–H groups in total. The highest BCUT2D eigenvalue weighted by molar-refractivity contribution is 8.15. The number of ether oxygens (including phenoxy) is 1. The summed E-state index contributed by atoms with van der Waals surface area (Å²) in [5, 5.41) is 0.234. The van der Waals surface area contributed by atoms with Crippen molar-refractivity contribution in [3.8, 4) is 5.75 Å². The van der Waals surface area contributed by atoms with Gasteiger partial charge in [-0.15, -0.1) is 0 Å². The van der Waals surface area contributed by atoms with E-state index in [1.165, 1.54) is 17.3 Å². The molecule has 0 aromatic heterocycles. The Hall–Kier alpha value is -1.74. The van der Waals surface area contributed by atoms with Gasteiger partial charge in [0.2, 0.25) is 5.12 Å². The molecule has 0 fully saturated rings. The first-order chi connectivity index (χ1) is 8.79. The highest BCUT2D eigenvalue weighted by Crippen LogP contribution is 2.46. The lowest BCUT2D eigenvalue weighted by molar-refractivity contribution is 0.109. The van der Waals surface area contributed by atoms with Crippen LogP contribution in [0.25, 0.3) is 0 Å². The zero-order valence-corrected chi connectivity index (χ0v) is 10.7. The zero-order valence-electron chi connectivity index (χ0n) is 9.92. The number of hydrogen-bond donors (Lipinski definition) is 0. The molecule has 1 aliphatic rings. The zero-order chi connectivity index (χ0) is 12.5. The number of methoxy groups -OCH3 is 1. The molecule has 0 spiro atoms. The van der Waals surface area contributed by atoms with Crippen molar-refractivity contribution in [1.29, 1.82) is 0 Å². The second kappa shape index (κ2) is 4.50. The monoisotopic (exact) mass is 256 g/mol. The molecule has 0 amide bonds. The van der Waals surface area contributed by atoms with Gasteiger partial charge in [-0.2, -0.15) is 0 Å². The minimum absolute atomic E-state index is 0.111. The molecular formula is C15H12O2S. The normalized spacial score (nSPS) is 17.6. The van der Waals surface area contributed by atoms with E-state index in [0.717, 1.165) is 16.9 Å². The fourth-order valence-electron chi connectivity index (χ4n) is 2.18. The summed E-state index contributed by atoms with van der Waals surface area (Å²) in [5.41, 5.74) is 3.02. The van der Waals surface area contributed by atoms with Gasteiger partial charge in [-0.05, 0) is 23.3 Å². The van der Waals surface area contributed by atoms with Crippen molar-refractivity contribution in [2.75, 3.05) is 7.11 Å². The Morgan fingerprint density at radius 3 is 2.61 bits per heavy atom. The van der Waals surface area contributed by atoms with Crippen molar-refractivity contribution in [1.82, 2.24) is 0 Å². The molecule has 1 unspecified atom stereocenters. The molecule has 2 aromatic carbocycles. The van der Waals surface area contributed by atoms with Gasteiger partial charge in [0.25, 0.3) is 0 Å². The number of thioether (sulfide) groups is 1. The Kier molecular flexibility index (Phi) is 2.84. The van der Waals surface area contributed by atoms with E-state index in [2.05, 4.69) is 12.1 Å². The first-order valence-corrected chi connectivity index (χ1v) is 6.61. The predicted octanol–water partition coefficient (Wildman–Crippen LogP) is 3.67. The molecular weight excluding hydrogens is 244 g/mol. The maximum atomic E-state index is 12.0. The minimum atomic E-state index is 0.111. The summed E-state index contributed by atoms with van der Waals surface area (Å²) in [6.45, 7) is 0. The summed E-state index contributed by atoms with van der Waals surface area (Å²) in [5.74, 6) is 0.733. The second-order valence-electron chi connectivity index (χ2n) is 4.15. The third kappa shape index (κ3) is 1.81. The van der Waals surface area contributed by atoms with E-state index in [4.69, 9.17) is 4.74 Å². The van der Waals surface area contributed by atoms with Crippen LogP contribution in [0.15, 0.2) is 48.5 Å². The van der Waals surface area contributed by atoms with Crippen LogP contribution in [-0.4, -0.2) is 12.2 Å². The molecule has 3 rings (SSSR count). The second-order valence-corrected chi connectivity index (χ2v) is 5.23. The standard InChI is InChI=1S/C15H12O2S/c1-17-11-7-8-12-13(9-11)15(16)18-14(12)10-5-3-2-4-6-10/h2-9,14H,1H3. The Labute approximate surface area is 110 Å². The third-order valence-corrected chi connectivity index (χ3v) is 4.29. The summed E-state index contributed by atoms with van der Waals surface area (Å²) in [6, 6.07) is 15.8. The summed E-state index contributed by atoms with van der Waals surface area (Å²) in [6.07, 6.45) is 0. The van der Waals surface area contributed by atoms with Crippen molar-refractivity contribution in [2.45, 2.75) is 5.25 Å². The summed E-state index contributed by atoms with van der Waals surface area (Å²) in [7, 11) is 1.61. The van der Waals surface area contributed by atoms with Gasteiger partial charge in [0, 0.05) is 5.56 Å². The smallest absolute Gasteiger partial charge is 0.220 e. The van der Waals surface area contributed by atoms with E-state index in [1.54, 1.807) is 7.11 Å². The van der Waals surface area contributed by atoms with Gasteiger partial charge < -0.3 is 4.74 Å². The number of carbonyl (C=O) groups is 1. The largest absolute Gasteiger partial charge is 0.497 e. The third-order valence-electron chi connectivity index (χ3n) is 3.09. The SMILES string of the molecule is COc1ccc2c(c1)C(=O)SC2c1ccccc1. The lowest BCUT2D eigenvalue weighted by atomic mass is 10.00. The maximum absolute atomic E-state index is 12.0. The molecule has 1 heterocycles. The van der Waals surface area contributed by atoms with Crippen molar-refractivity contribution < 1.29 is 9.53 Å². The minimum Gasteiger partial charge on any atom is -0.497 e. The highest BCUT2D eigenvalue weighted by atomic mass is 32.2. The molecule has 0 bridgehead atoms. The van der Waals surface area contributed by atoms with Crippen LogP contribution in [-0.2, 0) is 0 Å². The molecule has 0 saturated carbocycles. The van der Waals surface area contributed by atoms with Crippen molar-refractivity contribution in [3.63, 3.8) is 0 Å². The van der Waals surface area contributed by atoms with Crippen LogP contribution >= 0.6 is 11.8 Å². The molecule has 2 nitrogen and oxygen atoms in total. The van der Waals surface area contributed by atoms with Crippen LogP contribution in [0.5, 0.6) is 5.75 Å². The summed E-state index contributed by atoms with van der Waals surface area (Å²) in [4.78, 5) is 12.0. The van der Waals surface area contributed by atoms with Crippen LogP contribution in [0.1, 0.15) is 26.7 Å². The lowest BCUT2D eigenvalue weighted by Gasteiger charge is -2.10. The molecule has 2 aromatic rings. The van der Waals surface area contributed by atoms with Gasteiger partial charge in [0.1, 0.15) is 5.75 Å². The number of benzene rings is 2. The first-order valence-electron chi connectivity index (χ1n) is 5.73. The highest BCUT2D eigenvalue weighted by Gasteiger charge is 2.31. The van der Waals surface area contributed by atoms with E-state index >= 15 is 0 Å². The fourth-order valence-corrected chi connectivity index (χ4v) is 3.32. The quantitative estimate of drug-likeness (QED) is 0.820. The maximum Gasteiger partial charge on any atom is 0.220 e. The Bertz CT molecular complexity index is 593. The molecule has 3 heteroatoms. The Morgan fingerprint density at radius 1 is 1.11 bits per heavy atom. The van der Waals surface area contributed by atoms with Crippen LogP contribution < -0.4 is 4.74 Å². The van der Waals surface area contributed by atoms with Gasteiger partial charge in [0.05, 0.1) is 12.4 Å². The molecule has 1 atom stereocenters. The van der Waals surface area contributed by atoms with Crippen molar-refractivity contribution >= 4 is 16.9 Å². The van der Waals surface area contributed by atoms with Crippen LogP contribution in [0.3, 0.4) is 0 Å². The molecule has 18 heavy (non-hydrogen) atoms. The van der Waals surface area contributed by atoms with Gasteiger partial charge in [-0.3, -0.25) is 4.79 Å². The fraction of sp³-hybridized carbons (Fsp3) is 0.133. The van der Waals surface area contributed by atoms with Gasteiger partial charge >= 0.3 is 0 Å². The number of carbonyl (C=O) groups excluding carboxylic acids is 1. The molecule has 1 aliphatic heterocycles. The number of hydrogen-bond acceptors (Lipinski definition) is 3. The molecule has 0 aliphatic carbocycles. The van der Waals surface area contributed by atoms with Crippen molar-refractivity contribution in [3.05, 3.63) is 65.2 Å². The van der Waals surface area contributed by atoms with Gasteiger partial charge in [-0.1, -0.05) is 48.2 Å². The van der Waals surface area contributed by atoms with E-state index in [1.807, 2.05) is 36.4 Å². The Morgan fingerprint density at radius 2 is 1.89 bits per heavy atom. The number of rotatable bonds is 2. The van der Waals surface area contributed by atoms with E-state index < -0.39 is 0 Å². The molecule has 0 radical (unpaired) electrons. The molecule has 0 saturated heterocycles. The van der Waals surface area contributed by atoms with Crippen LogP contribution in [0.4, 0.5) is 0 Å². The average molecular weight is 256 g/mol. The van der Waals surface area contributed by atoms with E-state index in [9.17, 15) is 4.79 Å². The summed E-state index contributed by atoms with van der Waals surface area (Å²) < 4.78 is 5.17. The van der Waals surface area contributed by atoms with Gasteiger partial charge in [0.15, 0.2) is 0 Å². The van der Waals surface area contributed by atoms with Crippen molar-refractivity contribution in [2.24, 2.45) is 0 Å². The molecule has 90 valence electrons. The number of fused-ring (bicyclic) bond motifs is 1. The topological polar surface area (TPSA) is 26.3 Å². The lowest BCUT2D eigenvalue weighted by Crippen LogP contribution is -1.94. The summed E-state index contributed by atoms with van der Waals surface area (Å²) >= 11 is 1.37. The van der Waals surface area contributed by atoms with Gasteiger partial charge in [-0.25, -0.2) is 0 Å². The average Bonchev–Trinajstić information content (AvgIpc) is 2.77. The van der Waals surface area contributed by atoms with Crippen LogP contribution in [0, 0.1) is 0 Å². The predicted molar refractivity (Wildman–Crippen MR) is 73.2 cm³/mol. The Balaban J connectivity index is 2.07. The van der Waals surface area contributed by atoms with E-state index in [-0.39, 0.29) is 10.4 Å². The van der Waals surface area contributed by atoms with Crippen LogP contribution in [0.2, 0.25) is 0 Å².